The van der Waals surface area contributed by atoms with E-state index in [-0.39, 0.29) is 6.42 Å². The number of nitrogens with one attached hydrogen (secondary N) is 1. The SMILES string of the molecule is COC(=O)c1cc(C)c(CC(=O)C(=O)Nc2c(C)cc(Br)cc2C)c(C)c1. The molecule has 0 aliphatic rings. The van der Waals surface area contributed by atoms with E-state index >= 15 is 0 Å². The van der Waals surface area contributed by atoms with Gasteiger partial charge in [0.15, 0.2) is 0 Å². The molecule has 0 aromatic heterocycles. The number of carbonyl (C=O) groups is 3. The fraction of sp³-hybridized carbons (Fsp3) is 0.286. The van der Waals surface area contributed by atoms with E-state index in [9.17, 15) is 14.4 Å². The van der Waals surface area contributed by atoms with Crippen molar-refractivity contribution in [3.63, 3.8) is 0 Å². The molecule has 0 atom stereocenters. The fourth-order valence-corrected chi connectivity index (χ4v) is 3.73. The van der Waals surface area contributed by atoms with Crippen LogP contribution in [0.25, 0.3) is 0 Å². The Balaban J connectivity index is 2.20. The Kier molecular flexibility index (Phi) is 6.54. The molecule has 1 amide bonds. The first kappa shape index (κ1) is 20.8. The molecule has 0 aliphatic heterocycles. The maximum atomic E-state index is 12.5. The molecule has 0 heterocycles. The number of amides is 1. The lowest BCUT2D eigenvalue weighted by Gasteiger charge is -2.14. The molecule has 0 spiro atoms. The van der Waals surface area contributed by atoms with Crippen molar-refractivity contribution < 1.29 is 19.1 Å². The third-order valence-electron chi connectivity index (χ3n) is 4.44. The first-order valence-electron chi connectivity index (χ1n) is 8.43. The lowest BCUT2D eigenvalue weighted by atomic mass is 9.95. The topological polar surface area (TPSA) is 72.5 Å². The summed E-state index contributed by atoms with van der Waals surface area (Å²) in [4.78, 5) is 36.6. The van der Waals surface area contributed by atoms with Crippen LogP contribution in [0.4, 0.5) is 5.69 Å². The second-order valence-electron chi connectivity index (χ2n) is 6.55. The van der Waals surface area contributed by atoms with Crippen LogP contribution in [0, 0.1) is 27.7 Å². The predicted octanol–water partition coefficient (Wildman–Crippen LogP) is 4.22. The van der Waals surface area contributed by atoms with E-state index in [0.717, 1.165) is 32.3 Å². The number of hydrogen-bond acceptors (Lipinski definition) is 4. The normalized spacial score (nSPS) is 10.4. The third-order valence-corrected chi connectivity index (χ3v) is 4.90. The number of ether oxygens (including phenoxy) is 1. The Morgan fingerprint density at radius 3 is 1.93 bits per heavy atom. The van der Waals surface area contributed by atoms with Crippen molar-refractivity contribution in [2.75, 3.05) is 12.4 Å². The van der Waals surface area contributed by atoms with Crippen LogP contribution in [0.1, 0.15) is 38.2 Å². The van der Waals surface area contributed by atoms with Gasteiger partial charge in [-0.15, -0.1) is 0 Å². The summed E-state index contributed by atoms with van der Waals surface area (Å²) in [6.45, 7) is 7.36. The minimum Gasteiger partial charge on any atom is -0.465 e. The Hall–Kier alpha value is -2.47. The maximum absolute atomic E-state index is 12.5. The van der Waals surface area contributed by atoms with Crippen LogP contribution in [0.2, 0.25) is 0 Å². The summed E-state index contributed by atoms with van der Waals surface area (Å²) in [7, 11) is 1.32. The Labute approximate surface area is 167 Å². The van der Waals surface area contributed by atoms with Crippen LogP contribution in [-0.4, -0.2) is 24.8 Å². The van der Waals surface area contributed by atoms with Crippen molar-refractivity contribution >= 4 is 39.3 Å². The van der Waals surface area contributed by atoms with Gasteiger partial charge in [0.05, 0.1) is 12.7 Å². The molecule has 0 saturated heterocycles. The number of methoxy groups -OCH3 is 1. The first-order chi connectivity index (χ1) is 12.6. The molecular weight excluding hydrogens is 410 g/mol. The summed E-state index contributed by atoms with van der Waals surface area (Å²) in [5, 5.41) is 2.72. The van der Waals surface area contributed by atoms with Crippen molar-refractivity contribution in [3.8, 4) is 0 Å². The number of hydrogen-bond donors (Lipinski definition) is 1. The maximum Gasteiger partial charge on any atom is 0.337 e. The Bertz CT molecular complexity index is 888. The molecule has 6 heteroatoms. The molecule has 2 aromatic carbocycles. The van der Waals surface area contributed by atoms with Crippen LogP contribution < -0.4 is 5.32 Å². The highest BCUT2D eigenvalue weighted by atomic mass is 79.9. The Morgan fingerprint density at radius 1 is 0.926 bits per heavy atom. The summed E-state index contributed by atoms with van der Waals surface area (Å²) in [5.74, 6) is -1.62. The summed E-state index contributed by atoms with van der Waals surface area (Å²) >= 11 is 3.41. The lowest BCUT2D eigenvalue weighted by Crippen LogP contribution is -2.26. The largest absolute Gasteiger partial charge is 0.465 e. The zero-order valence-corrected chi connectivity index (χ0v) is 17.6. The fourth-order valence-electron chi connectivity index (χ4n) is 3.04. The molecular formula is C21H22BrNO4. The van der Waals surface area contributed by atoms with Crippen LogP contribution >= 0.6 is 15.9 Å². The van der Waals surface area contributed by atoms with Crippen molar-refractivity contribution in [1.82, 2.24) is 0 Å². The van der Waals surface area contributed by atoms with Gasteiger partial charge >= 0.3 is 5.97 Å². The van der Waals surface area contributed by atoms with E-state index in [1.54, 1.807) is 12.1 Å². The highest BCUT2D eigenvalue weighted by molar-refractivity contribution is 9.10. The van der Waals surface area contributed by atoms with Gasteiger partial charge in [-0.05, 0) is 79.8 Å². The number of esters is 1. The highest BCUT2D eigenvalue weighted by Crippen LogP contribution is 2.25. The number of benzene rings is 2. The van der Waals surface area contributed by atoms with Crippen LogP contribution in [0.5, 0.6) is 0 Å². The quantitative estimate of drug-likeness (QED) is 0.567. The number of rotatable bonds is 5. The van der Waals surface area contributed by atoms with Gasteiger partial charge in [-0.3, -0.25) is 9.59 Å². The van der Waals surface area contributed by atoms with Crippen molar-refractivity contribution in [2.24, 2.45) is 0 Å². The van der Waals surface area contributed by atoms with Crippen molar-refractivity contribution in [1.29, 1.82) is 0 Å². The van der Waals surface area contributed by atoms with Gasteiger partial charge in [-0.1, -0.05) is 15.9 Å². The summed E-state index contributed by atoms with van der Waals surface area (Å²) < 4.78 is 5.64. The van der Waals surface area contributed by atoms with E-state index < -0.39 is 17.7 Å². The molecule has 5 nitrogen and oxygen atoms in total. The second-order valence-corrected chi connectivity index (χ2v) is 7.46. The van der Waals surface area contributed by atoms with Gasteiger partial charge in [0, 0.05) is 16.6 Å². The minimum absolute atomic E-state index is 0.0282. The molecule has 142 valence electrons. The van der Waals surface area contributed by atoms with Gasteiger partial charge in [0.2, 0.25) is 5.78 Å². The average molecular weight is 432 g/mol. The third kappa shape index (κ3) is 4.83. The molecule has 0 aliphatic carbocycles. The highest BCUT2D eigenvalue weighted by Gasteiger charge is 2.20. The van der Waals surface area contributed by atoms with Crippen LogP contribution in [0.3, 0.4) is 0 Å². The first-order valence-corrected chi connectivity index (χ1v) is 9.22. The molecule has 0 fully saturated rings. The standard InChI is InChI=1S/C21H22BrNO4/c1-11-6-15(21(26)27-5)7-12(2)17(11)10-18(24)20(25)23-19-13(3)8-16(22)9-14(19)4/h6-9H,10H2,1-5H3,(H,23,25). The van der Waals surface area contributed by atoms with E-state index in [4.69, 9.17) is 4.74 Å². The van der Waals surface area contributed by atoms with E-state index in [0.29, 0.717) is 11.3 Å². The van der Waals surface area contributed by atoms with E-state index in [2.05, 4.69) is 21.2 Å². The van der Waals surface area contributed by atoms with Crippen LogP contribution in [-0.2, 0) is 20.7 Å². The minimum atomic E-state index is -0.653. The average Bonchev–Trinajstić information content (AvgIpc) is 2.59. The van der Waals surface area contributed by atoms with Gasteiger partial charge < -0.3 is 10.1 Å². The molecule has 0 radical (unpaired) electrons. The number of ketones is 1. The van der Waals surface area contributed by atoms with Gasteiger partial charge in [0.1, 0.15) is 0 Å². The number of anilines is 1. The van der Waals surface area contributed by atoms with Crippen molar-refractivity contribution in [3.05, 3.63) is 62.1 Å². The number of aryl methyl sites for hydroxylation is 4. The Morgan fingerprint density at radius 2 is 1.44 bits per heavy atom. The van der Waals surface area contributed by atoms with E-state index in [1.165, 1.54) is 7.11 Å². The molecule has 2 aromatic rings. The zero-order chi connectivity index (χ0) is 20.3. The van der Waals surface area contributed by atoms with Gasteiger partial charge in [0.25, 0.3) is 5.91 Å². The number of halogens is 1. The monoisotopic (exact) mass is 431 g/mol. The molecule has 1 N–H and O–H groups in total. The van der Waals surface area contributed by atoms with Gasteiger partial charge in [-0.25, -0.2) is 4.79 Å². The zero-order valence-electron chi connectivity index (χ0n) is 16.0. The second kappa shape index (κ2) is 8.48. The number of Topliss-reactive ketones (excluding diaryl/α,β-unsaturated/α-hetero) is 1. The lowest BCUT2D eigenvalue weighted by molar-refractivity contribution is -0.134. The molecule has 27 heavy (non-hydrogen) atoms. The molecule has 0 unspecified atom stereocenters. The summed E-state index contributed by atoms with van der Waals surface area (Å²) in [6, 6.07) is 7.10. The summed E-state index contributed by atoms with van der Waals surface area (Å²) in [5.41, 5.74) is 5.10. The smallest absolute Gasteiger partial charge is 0.337 e. The van der Waals surface area contributed by atoms with Crippen LogP contribution in [0.15, 0.2) is 28.7 Å². The predicted molar refractivity (Wildman–Crippen MR) is 108 cm³/mol. The summed E-state index contributed by atoms with van der Waals surface area (Å²) in [6.07, 6.45) is -0.0282. The molecule has 2 rings (SSSR count). The van der Waals surface area contributed by atoms with Gasteiger partial charge in [-0.2, -0.15) is 0 Å². The van der Waals surface area contributed by atoms with Crippen molar-refractivity contribution in [2.45, 2.75) is 34.1 Å². The van der Waals surface area contributed by atoms with E-state index in [1.807, 2.05) is 39.8 Å². The molecule has 0 saturated carbocycles. The number of carbonyl (C=O) groups excluding carboxylic acids is 3. The molecule has 0 bridgehead atoms.